The number of urea groups is 1. The van der Waals surface area contributed by atoms with Gasteiger partial charge in [-0.1, -0.05) is 0 Å². The van der Waals surface area contributed by atoms with Gasteiger partial charge in [0.15, 0.2) is 0 Å². The van der Waals surface area contributed by atoms with Crippen molar-refractivity contribution in [1.82, 2.24) is 10.2 Å². The standard InChI is InChI=1S/C12H20N2O4/c1-8-9(10(15)16)3-5-14(8)11(17)13-12(2)4-6-18-7-12/h8-9H,3-7H2,1-2H3,(H,13,17)(H,15,16). The number of amides is 2. The molecule has 0 aromatic rings. The van der Waals surface area contributed by atoms with Crippen molar-refractivity contribution >= 4 is 12.0 Å². The molecule has 2 aliphatic heterocycles. The molecule has 2 fully saturated rings. The van der Waals surface area contributed by atoms with Gasteiger partial charge in [0.05, 0.1) is 18.1 Å². The fourth-order valence-electron chi connectivity index (χ4n) is 2.65. The molecule has 2 N–H and O–H groups in total. The molecule has 0 radical (unpaired) electrons. The number of ether oxygens (including phenoxy) is 1. The summed E-state index contributed by atoms with van der Waals surface area (Å²) in [6, 6.07) is -0.437. The van der Waals surface area contributed by atoms with Gasteiger partial charge in [-0.3, -0.25) is 4.79 Å². The summed E-state index contributed by atoms with van der Waals surface area (Å²) in [5.41, 5.74) is -0.321. The second kappa shape index (κ2) is 4.76. The number of nitrogens with one attached hydrogen (secondary N) is 1. The van der Waals surface area contributed by atoms with Crippen LogP contribution in [0.3, 0.4) is 0 Å². The van der Waals surface area contributed by atoms with Crippen molar-refractivity contribution in [3.8, 4) is 0 Å². The summed E-state index contributed by atoms with van der Waals surface area (Å²) in [4.78, 5) is 24.8. The number of hydrogen-bond donors (Lipinski definition) is 2. The maximum Gasteiger partial charge on any atom is 0.318 e. The molecule has 0 aromatic heterocycles. The van der Waals surface area contributed by atoms with Gasteiger partial charge in [0.2, 0.25) is 0 Å². The minimum Gasteiger partial charge on any atom is -0.481 e. The number of carboxylic acids is 1. The van der Waals surface area contributed by atoms with Crippen molar-refractivity contribution in [2.24, 2.45) is 5.92 Å². The lowest BCUT2D eigenvalue weighted by Gasteiger charge is -2.30. The van der Waals surface area contributed by atoms with Crippen molar-refractivity contribution in [2.75, 3.05) is 19.8 Å². The van der Waals surface area contributed by atoms with E-state index in [1.165, 1.54) is 0 Å². The Labute approximate surface area is 106 Å². The van der Waals surface area contributed by atoms with Crippen molar-refractivity contribution in [3.63, 3.8) is 0 Å². The second-order valence-electron chi connectivity index (χ2n) is 5.46. The predicted octanol–water partition coefficient (Wildman–Crippen LogP) is 0.670. The molecule has 6 heteroatoms. The fraction of sp³-hybridized carbons (Fsp3) is 0.833. The summed E-state index contributed by atoms with van der Waals surface area (Å²) >= 11 is 0. The Hall–Kier alpha value is -1.30. The van der Waals surface area contributed by atoms with Crippen LogP contribution in [0.2, 0.25) is 0 Å². The molecule has 102 valence electrons. The van der Waals surface area contributed by atoms with E-state index in [-0.39, 0.29) is 17.6 Å². The molecule has 0 aliphatic carbocycles. The van der Waals surface area contributed by atoms with Gasteiger partial charge in [-0.25, -0.2) is 4.79 Å². The number of nitrogens with zero attached hydrogens (tertiary/aromatic N) is 1. The molecular formula is C12H20N2O4. The summed E-state index contributed by atoms with van der Waals surface area (Å²) in [6.45, 7) is 5.42. The van der Waals surface area contributed by atoms with Gasteiger partial charge < -0.3 is 20.1 Å². The van der Waals surface area contributed by atoms with E-state index in [1.807, 2.05) is 6.92 Å². The summed E-state index contributed by atoms with van der Waals surface area (Å²) < 4.78 is 5.28. The van der Waals surface area contributed by atoms with Crippen LogP contribution in [0.4, 0.5) is 4.79 Å². The lowest BCUT2D eigenvalue weighted by atomic mass is 10.0. The largest absolute Gasteiger partial charge is 0.481 e. The topological polar surface area (TPSA) is 78.9 Å². The van der Waals surface area contributed by atoms with E-state index in [4.69, 9.17) is 9.84 Å². The Morgan fingerprint density at radius 3 is 2.72 bits per heavy atom. The molecular weight excluding hydrogens is 236 g/mol. The highest BCUT2D eigenvalue weighted by molar-refractivity contribution is 5.78. The average molecular weight is 256 g/mol. The average Bonchev–Trinajstić information content (AvgIpc) is 2.84. The SMILES string of the molecule is CC1C(C(=O)O)CCN1C(=O)NC1(C)CCOC1. The lowest BCUT2D eigenvalue weighted by molar-refractivity contribution is -0.142. The van der Waals surface area contributed by atoms with Crippen LogP contribution in [0, 0.1) is 5.92 Å². The van der Waals surface area contributed by atoms with E-state index in [2.05, 4.69) is 5.32 Å². The van der Waals surface area contributed by atoms with Crippen LogP contribution in [0.15, 0.2) is 0 Å². The molecule has 0 aromatic carbocycles. The predicted molar refractivity (Wildman–Crippen MR) is 64.3 cm³/mol. The Morgan fingerprint density at radius 1 is 1.50 bits per heavy atom. The van der Waals surface area contributed by atoms with Crippen LogP contribution in [0.5, 0.6) is 0 Å². The van der Waals surface area contributed by atoms with Gasteiger partial charge in [-0.15, -0.1) is 0 Å². The number of likely N-dealkylation sites (tertiary alicyclic amines) is 1. The fourth-order valence-corrected chi connectivity index (χ4v) is 2.65. The van der Waals surface area contributed by atoms with Gasteiger partial charge in [0.1, 0.15) is 0 Å². The minimum atomic E-state index is -0.826. The molecule has 3 atom stereocenters. The third kappa shape index (κ3) is 2.43. The van der Waals surface area contributed by atoms with E-state index in [0.717, 1.165) is 6.42 Å². The van der Waals surface area contributed by atoms with Gasteiger partial charge in [-0.05, 0) is 26.7 Å². The number of carbonyl (C=O) groups is 2. The molecule has 3 unspecified atom stereocenters. The molecule has 0 spiro atoms. The molecule has 18 heavy (non-hydrogen) atoms. The number of rotatable bonds is 2. The summed E-state index contributed by atoms with van der Waals surface area (Å²) in [5, 5.41) is 12.0. The first-order valence-corrected chi connectivity index (χ1v) is 6.32. The van der Waals surface area contributed by atoms with E-state index in [0.29, 0.717) is 26.2 Å². The van der Waals surface area contributed by atoms with Crippen LogP contribution < -0.4 is 5.32 Å². The first kappa shape index (κ1) is 13.1. The molecule has 2 rings (SSSR count). The monoisotopic (exact) mass is 256 g/mol. The molecule has 0 saturated carbocycles. The number of carboxylic acid groups (broad SMARTS) is 1. The first-order valence-electron chi connectivity index (χ1n) is 6.32. The van der Waals surface area contributed by atoms with Crippen molar-refractivity contribution in [1.29, 1.82) is 0 Å². The minimum absolute atomic E-state index is 0.181. The van der Waals surface area contributed by atoms with Gasteiger partial charge >= 0.3 is 12.0 Å². The van der Waals surface area contributed by atoms with E-state index < -0.39 is 11.9 Å². The van der Waals surface area contributed by atoms with Crippen molar-refractivity contribution in [2.45, 2.75) is 38.3 Å². The highest BCUT2D eigenvalue weighted by atomic mass is 16.5. The normalized spacial score (nSPS) is 35.8. The number of aliphatic carboxylic acids is 1. The van der Waals surface area contributed by atoms with Crippen molar-refractivity contribution in [3.05, 3.63) is 0 Å². The molecule has 6 nitrogen and oxygen atoms in total. The van der Waals surface area contributed by atoms with Crippen LogP contribution in [0.1, 0.15) is 26.7 Å². The maximum atomic E-state index is 12.2. The zero-order valence-electron chi connectivity index (χ0n) is 10.8. The van der Waals surface area contributed by atoms with Crippen LogP contribution in [-0.4, -0.2) is 53.3 Å². The van der Waals surface area contributed by atoms with E-state index in [9.17, 15) is 9.59 Å². The molecule has 2 saturated heterocycles. The Balaban J connectivity index is 1.96. The molecule has 2 amide bonds. The highest BCUT2D eigenvalue weighted by Crippen LogP contribution is 2.25. The molecule has 0 bridgehead atoms. The van der Waals surface area contributed by atoms with Crippen molar-refractivity contribution < 1.29 is 19.4 Å². The Morgan fingerprint density at radius 2 is 2.22 bits per heavy atom. The number of hydrogen-bond acceptors (Lipinski definition) is 3. The third-order valence-corrected chi connectivity index (χ3v) is 3.96. The van der Waals surface area contributed by atoms with Crippen LogP contribution in [0.25, 0.3) is 0 Å². The Kier molecular flexibility index (Phi) is 3.47. The smallest absolute Gasteiger partial charge is 0.318 e. The molecule has 2 heterocycles. The maximum absolute atomic E-state index is 12.2. The van der Waals surface area contributed by atoms with Gasteiger partial charge in [0.25, 0.3) is 0 Å². The van der Waals surface area contributed by atoms with E-state index in [1.54, 1.807) is 11.8 Å². The molecule has 2 aliphatic rings. The summed E-state index contributed by atoms with van der Waals surface area (Å²) in [6.07, 6.45) is 1.32. The zero-order valence-corrected chi connectivity index (χ0v) is 10.8. The quantitative estimate of drug-likeness (QED) is 0.761. The second-order valence-corrected chi connectivity index (χ2v) is 5.46. The summed E-state index contributed by atoms with van der Waals surface area (Å²) in [5.74, 6) is -1.28. The highest BCUT2D eigenvalue weighted by Gasteiger charge is 2.40. The third-order valence-electron chi connectivity index (χ3n) is 3.96. The van der Waals surface area contributed by atoms with Crippen LogP contribution >= 0.6 is 0 Å². The van der Waals surface area contributed by atoms with E-state index >= 15 is 0 Å². The first-order chi connectivity index (χ1) is 8.43. The van der Waals surface area contributed by atoms with Crippen LogP contribution in [-0.2, 0) is 9.53 Å². The zero-order chi connectivity index (χ0) is 13.3. The summed E-state index contributed by atoms with van der Waals surface area (Å²) in [7, 11) is 0. The Bertz CT molecular complexity index is 352. The lowest BCUT2D eigenvalue weighted by Crippen LogP contribution is -2.53. The van der Waals surface area contributed by atoms with Gasteiger partial charge in [-0.2, -0.15) is 0 Å². The van der Waals surface area contributed by atoms with Gasteiger partial charge in [0, 0.05) is 19.2 Å². The number of carbonyl (C=O) groups excluding carboxylic acids is 1.